The Labute approximate surface area is 169 Å². The highest BCUT2D eigenvalue weighted by molar-refractivity contribution is 6.44. The molecule has 5 nitrogen and oxygen atoms in total. The number of anilines is 1. The van der Waals surface area contributed by atoms with Gasteiger partial charge in [0.05, 0.1) is 27.4 Å². The van der Waals surface area contributed by atoms with E-state index in [1.165, 1.54) is 18.2 Å². The molecular weight excluding hydrogens is 413 g/mol. The number of hydrogen-bond donors (Lipinski definition) is 1. The molecule has 3 aromatic rings. The van der Waals surface area contributed by atoms with Crippen molar-refractivity contribution < 1.29 is 13.9 Å². The quantitative estimate of drug-likeness (QED) is 0.414. The molecule has 0 saturated heterocycles. The lowest BCUT2D eigenvalue weighted by Crippen LogP contribution is -2.20. The molecule has 1 amide bonds. The van der Waals surface area contributed by atoms with Crippen molar-refractivity contribution in [3.8, 4) is 5.75 Å². The first-order valence-corrected chi connectivity index (χ1v) is 9.19. The maximum atomic E-state index is 12.5. The Kier molecular flexibility index (Phi) is 5.95. The van der Waals surface area contributed by atoms with E-state index in [0.29, 0.717) is 23.3 Å². The molecule has 0 atom stereocenters. The molecule has 1 N–H and O–H groups in total. The van der Waals surface area contributed by atoms with Gasteiger partial charge in [-0.2, -0.15) is 0 Å². The van der Waals surface area contributed by atoms with Crippen LogP contribution in [0.4, 0.5) is 5.69 Å². The fourth-order valence-corrected chi connectivity index (χ4v) is 2.96. The second-order valence-electron chi connectivity index (χ2n) is 5.70. The van der Waals surface area contributed by atoms with Gasteiger partial charge in [-0.15, -0.1) is 0 Å². The van der Waals surface area contributed by atoms with Crippen molar-refractivity contribution in [3.63, 3.8) is 0 Å². The van der Waals surface area contributed by atoms with E-state index in [2.05, 4.69) is 5.32 Å². The Bertz CT molecular complexity index is 1080. The van der Waals surface area contributed by atoms with Crippen molar-refractivity contribution in [1.82, 2.24) is 0 Å². The summed E-state index contributed by atoms with van der Waals surface area (Å²) in [6.07, 6.45) is 0.859. The van der Waals surface area contributed by atoms with Gasteiger partial charge in [0.2, 0.25) is 0 Å². The molecule has 0 radical (unpaired) electrons. The summed E-state index contributed by atoms with van der Waals surface area (Å²) in [6, 6.07) is 9.34. The van der Waals surface area contributed by atoms with Gasteiger partial charge in [0.15, 0.2) is 0 Å². The van der Waals surface area contributed by atoms with Crippen molar-refractivity contribution in [3.05, 3.63) is 67.4 Å². The zero-order valence-corrected chi connectivity index (χ0v) is 16.4. The number of amides is 1. The number of carbonyl (C=O) groups excluding carboxylic acids is 1. The van der Waals surface area contributed by atoms with Crippen LogP contribution in [-0.2, 0) is 0 Å². The van der Waals surface area contributed by atoms with E-state index in [-0.39, 0.29) is 26.3 Å². The molecule has 0 aliphatic heterocycles. The number of rotatable bonds is 5. The highest BCUT2D eigenvalue weighted by Gasteiger charge is 2.16. The highest BCUT2D eigenvalue weighted by Crippen LogP contribution is 2.32. The summed E-state index contributed by atoms with van der Waals surface area (Å²) in [5.74, 6) is -0.0791. The van der Waals surface area contributed by atoms with E-state index in [1.807, 2.05) is 6.92 Å². The lowest BCUT2D eigenvalue weighted by Gasteiger charge is -2.09. The van der Waals surface area contributed by atoms with Gasteiger partial charge < -0.3 is 14.5 Å². The predicted octanol–water partition coefficient (Wildman–Crippen LogP) is 5.79. The maximum Gasteiger partial charge on any atom is 0.349 e. The molecule has 0 unspecified atom stereocenters. The smallest absolute Gasteiger partial charge is 0.349 e. The third kappa shape index (κ3) is 4.38. The summed E-state index contributed by atoms with van der Waals surface area (Å²) >= 11 is 17.9. The molecular formula is C19H14Cl3NO4. The number of halogens is 3. The van der Waals surface area contributed by atoms with Crippen LogP contribution in [0.1, 0.15) is 23.7 Å². The first-order valence-electron chi connectivity index (χ1n) is 8.05. The fourth-order valence-electron chi connectivity index (χ4n) is 2.37. The number of nitrogens with one attached hydrogen (secondary N) is 1. The third-order valence-electron chi connectivity index (χ3n) is 3.68. The SMILES string of the molecule is CCCOc1ccc2cc(C(=O)Nc3cc(Cl)c(Cl)cc3Cl)c(=O)oc2c1. The van der Waals surface area contributed by atoms with Crippen LogP contribution in [0.3, 0.4) is 0 Å². The Hall–Kier alpha value is -2.21. The van der Waals surface area contributed by atoms with Gasteiger partial charge in [-0.25, -0.2) is 4.79 Å². The van der Waals surface area contributed by atoms with E-state index < -0.39 is 11.5 Å². The normalized spacial score (nSPS) is 10.8. The first-order chi connectivity index (χ1) is 12.9. The molecule has 140 valence electrons. The second-order valence-corrected chi connectivity index (χ2v) is 6.92. The summed E-state index contributed by atoms with van der Waals surface area (Å²) in [5.41, 5.74) is -0.368. The van der Waals surface area contributed by atoms with Crippen LogP contribution in [0.25, 0.3) is 11.0 Å². The first kappa shape index (κ1) is 19.5. The van der Waals surface area contributed by atoms with Crippen LogP contribution in [0.15, 0.2) is 45.6 Å². The van der Waals surface area contributed by atoms with Gasteiger partial charge in [0.25, 0.3) is 5.91 Å². The summed E-state index contributed by atoms with van der Waals surface area (Å²) in [6.45, 7) is 2.55. The number of ether oxygens (including phenoxy) is 1. The number of hydrogen-bond acceptors (Lipinski definition) is 4. The monoisotopic (exact) mass is 425 g/mol. The standard InChI is InChI=1S/C19H14Cl3NO4/c1-2-5-26-11-4-3-10-6-12(19(25)27-17(10)7-11)18(24)23-16-9-14(21)13(20)8-15(16)22/h3-4,6-9H,2,5H2,1H3,(H,23,24). The lowest BCUT2D eigenvalue weighted by atomic mass is 10.1. The van der Waals surface area contributed by atoms with Crippen molar-refractivity contribution in [1.29, 1.82) is 0 Å². The molecule has 27 heavy (non-hydrogen) atoms. The molecule has 1 heterocycles. The van der Waals surface area contributed by atoms with Gasteiger partial charge in [-0.1, -0.05) is 41.7 Å². The Balaban J connectivity index is 1.92. The second kappa shape index (κ2) is 8.21. The van der Waals surface area contributed by atoms with Crippen molar-refractivity contribution >= 4 is 57.4 Å². The van der Waals surface area contributed by atoms with Crippen LogP contribution in [0, 0.1) is 0 Å². The van der Waals surface area contributed by atoms with Crippen LogP contribution in [0.2, 0.25) is 15.1 Å². The predicted molar refractivity (Wildman–Crippen MR) is 108 cm³/mol. The fraction of sp³-hybridized carbons (Fsp3) is 0.158. The van der Waals surface area contributed by atoms with Crippen LogP contribution < -0.4 is 15.7 Å². The molecule has 1 aromatic heterocycles. The zero-order chi connectivity index (χ0) is 19.6. The molecule has 0 fully saturated rings. The minimum absolute atomic E-state index is 0.160. The third-order valence-corrected chi connectivity index (χ3v) is 4.72. The minimum atomic E-state index is -0.774. The maximum absolute atomic E-state index is 12.5. The highest BCUT2D eigenvalue weighted by atomic mass is 35.5. The molecule has 8 heteroatoms. The Morgan fingerprint density at radius 3 is 2.56 bits per heavy atom. The minimum Gasteiger partial charge on any atom is -0.493 e. The van der Waals surface area contributed by atoms with Gasteiger partial charge in [0.1, 0.15) is 16.9 Å². The number of carbonyl (C=O) groups is 1. The molecule has 2 aromatic carbocycles. The van der Waals surface area contributed by atoms with Crippen LogP contribution in [-0.4, -0.2) is 12.5 Å². The molecule has 0 aliphatic carbocycles. The average molecular weight is 427 g/mol. The largest absolute Gasteiger partial charge is 0.493 e. The Morgan fingerprint density at radius 2 is 1.81 bits per heavy atom. The van der Waals surface area contributed by atoms with E-state index in [4.69, 9.17) is 44.0 Å². The topological polar surface area (TPSA) is 68.5 Å². The summed E-state index contributed by atoms with van der Waals surface area (Å²) in [5, 5.41) is 3.80. The van der Waals surface area contributed by atoms with Gasteiger partial charge in [-0.3, -0.25) is 4.79 Å². The zero-order valence-electron chi connectivity index (χ0n) is 14.1. The van der Waals surface area contributed by atoms with Crippen molar-refractivity contribution in [2.75, 3.05) is 11.9 Å². The van der Waals surface area contributed by atoms with E-state index in [0.717, 1.165) is 6.42 Å². The van der Waals surface area contributed by atoms with Crippen molar-refractivity contribution in [2.45, 2.75) is 13.3 Å². The van der Waals surface area contributed by atoms with E-state index in [9.17, 15) is 9.59 Å². The summed E-state index contributed by atoms with van der Waals surface area (Å²) in [7, 11) is 0. The molecule has 0 aliphatic rings. The van der Waals surface area contributed by atoms with Crippen molar-refractivity contribution in [2.24, 2.45) is 0 Å². The average Bonchev–Trinajstić information content (AvgIpc) is 2.63. The van der Waals surface area contributed by atoms with Crippen LogP contribution >= 0.6 is 34.8 Å². The summed E-state index contributed by atoms with van der Waals surface area (Å²) < 4.78 is 10.8. The molecule has 0 saturated carbocycles. The number of fused-ring (bicyclic) bond motifs is 1. The Morgan fingerprint density at radius 1 is 1.07 bits per heavy atom. The molecule has 0 bridgehead atoms. The molecule has 3 rings (SSSR count). The van der Waals surface area contributed by atoms with Gasteiger partial charge >= 0.3 is 5.63 Å². The van der Waals surface area contributed by atoms with Crippen LogP contribution in [0.5, 0.6) is 5.75 Å². The lowest BCUT2D eigenvalue weighted by molar-refractivity contribution is 0.102. The summed E-state index contributed by atoms with van der Waals surface area (Å²) in [4.78, 5) is 24.8. The van der Waals surface area contributed by atoms with Gasteiger partial charge in [-0.05, 0) is 36.8 Å². The van der Waals surface area contributed by atoms with Gasteiger partial charge in [0, 0.05) is 11.5 Å². The van der Waals surface area contributed by atoms with E-state index in [1.54, 1.807) is 18.2 Å². The molecule has 0 spiro atoms. The van der Waals surface area contributed by atoms with E-state index >= 15 is 0 Å². The number of benzene rings is 2.